The van der Waals surface area contributed by atoms with Crippen molar-refractivity contribution in [1.82, 2.24) is 15.5 Å². The Labute approximate surface area is 182 Å². The number of hydrogen-bond acceptors (Lipinski definition) is 6. The van der Waals surface area contributed by atoms with Crippen LogP contribution in [0.15, 0.2) is 30.3 Å². The van der Waals surface area contributed by atoms with Crippen molar-refractivity contribution in [3.05, 3.63) is 35.9 Å². The van der Waals surface area contributed by atoms with Gasteiger partial charge in [-0.15, -0.1) is 0 Å². The average molecular weight is 437 g/mol. The van der Waals surface area contributed by atoms with E-state index >= 15 is 0 Å². The summed E-state index contributed by atoms with van der Waals surface area (Å²) in [6.07, 6.45) is -1.59. The molecule has 0 unspecified atom stereocenters. The van der Waals surface area contributed by atoms with Gasteiger partial charge in [-0.05, 0) is 40.2 Å². The van der Waals surface area contributed by atoms with E-state index in [0.717, 1.165) is 5.56 Å². The largest absolute Gasteiger partial charge is 0.445 e. The molecule has 1 aromatic carbocycles. The van der Waals surface area contributed by atoms with Crippen molar-refractivity contribution in [1.29, 1.82) is 0 Å². The molecular weight excluding hydrogens is 404 g/mol. The van der Waals surface area contributed by atoms with E-state index < -0.39 is 47.7 Å². The van der Waals surface area contributed by atoms with Gasteiger partial charge in [-0.3, -0.25) is 9.59 Å². The Morgan fingerprint density at radius 1 is 1.03 bits per heavy atom. The van der Waals surface area contributed by atoms with Crippen LogP contribution in [0.4, 0.5) is 9.59 Å². The zero-order valence-corrected chi connectivity index (χ0v) is 18.8. The molecule has 0 heterocycles. The second kappa shape index (κ2) is 11.2. The number of benzene rings is 1. The Kier molecular flexibility index (Phi) is 9.29. The summed E-state index contributed by atoms with van der Waals surface area (Å²) in [5, 5.41) is 4.83. The molecular formula is C21H32N4O6. The van der Waals surface area contributed by atoms with Gasteiger partial charge in [0.1, 0.15) is 24.3 Å². The lowest BCUT2D eigenvalue weighted by Gasteiger charge is -2.33. The van der Waals surface area contributed by atoms with E-state index in [4.69, 9.17) is 15.2 Å². The molecule has 3 atom stereocenters. The molecule has 4 amide bonds. The molecule has 1 aromatic rings. The number of amides is 4. The summed E-state index contributed by atoms with van der Waals surface area (Å²) in [4.78, 5) is 49.8. The number of alkyl carbamates (subject to hydrolysis) is 2. The number of nitrogens with zero attached hydrogens (tertiary/aromatic N) is 1. The maximum atomic E-state index is 12.7. The molecule has 0 aliphatic rings. The standard InChI is InChI=1S/C21H32N4O6/c1-13(23-19(28)30-12-15-10-8-7-9-11-15)18(27)25(6)14(2)16(17(22)26)24-20(29)31-21(3,4)5/h7-11,13-14,16H,12H2,1-6H3,(H2,22,26)(H,23,28)(H,24,29)/t13-,14-,16-/m0/s1. The van der Waals surface area contributed by atoms with Crippen molar-refractivity contribution in [3.8, 4) is 0 Å². The van der Waals surface area contributed by atoms with Gasteiger partial charge in [0.05, 0.1) is 6.04 Å². The van der Waals surface area contributed by atoms with Crippen LogP contribution in [-0.2, 0) is 25.7 Å². The lowest BCUT2D eigenvalue weighted by Crippen LogP contribution is -2.59. The summed E-state index contributed by atoms with van der Waals surface area (Å²) in [7, 11) is 1.44. The van der Waals surface area contributed by atoms with Crippen LogP contribution >= 0.6 is 0 Å². The number of nitrogens with one attached hydrogen (secondary N) is 2. The van der Waals surface area contributed by atoms with Crippen LogP contribution in [0.25, 0.3) is 0 Å². The zero-order valence-electron chi connectivity index (χ0n) is 18.8. The first-order chi connectivity index (χ1) is 14.3. The summed E-state index contributed by atoms with van der Waals surface area (Å²) in [6, 6.07) is 6.16. The molecule has 0 aromatic heterocycles. The molecule has 0 aliphatic carbocycles. The van der Waals surface area contributed by atoms with Crippen LogP contribution in [0.2, 0.25) is 0 Å². The van der Waals surface area contributed by atoms with E-state index in [9.17, 15) is 19.2 Å². The summed E-state index contributed by atoms with van der Waals surface area (Å²) in [5.74, 6) is -1.33. The predicted molar refractivity (Wildman–Crippen MR) is 114 cm³/mol. The van der Waals surface area contributed by atoms with Crippen LogP contribution in [0.1, 0.15) is 40.2 Å². The number of carbonyl (C=O) groups excluding carboxylic acids is 4. The monoisotopic (exact) mass is 436 g/mol. The van der Waals surface area contributed by atoms with Gasteiger partial charge in [0.2, 0.25) is 11.8 Å². The molecule has 4 N–H and O–H groups in total. The van der Waals surface area contributed by atoms with Gasteiger partial charge in [-0.1, -0.05) is 30.3 Å². The van der Waals surface area contributed by atoms with E-state index in [2.05, 4.69) is 10.6 Å². The fraction of sp³-hybridized carbons (Fsp3) is 0.524. The highest BCUT2D eigenvalue weighted by molar-refractivity contribution is 5.88. The Bertz CT molecular complexity index is 778. The minimum absolute atomic E-state index is 0.0589. The number of carbonyl (C=O) groups is 4. The smallest absolute Gasteiger partial charge is 0.408 e. The normalized spacial score (nSPS) is 13.9. The topological polar surface area (TPSA) is 140 Å². The number of hydrogen-bond donors (Lipinski definition) is 3. The molecule has 0 fully saturated rings. The lowest BCUT2D eigenvalue weighted by molar-refractivity contribution is -0.135. The molecule has 0 aliphatic heterocycles. The summed E-state index contributed by atoms with van der Waals surface area (Å²) in [6.45, 7) is 8.11. The average Bonchev–Trinajstić information content (AvgIpc) is 2.68. The van der Waals surface area contributed by atoms with Crippen LogP contribution in [0.5, 0.6) is 0 Å². The molecule has 31 heavy (non-hydrogen) atoms. The van der Waals surface area contributed by atoms with Crippen molar-refractivity contribution in [3.63, 3.8) is 0 Å². The van der Waals surface area contributed by atoms with Crippen molar-refractivity contribution in [2.45, 2.75) is 65.0 Å². The van der Waals surface area contributed by atoms with Crippen molar-refractivity contribution >= 4 is 24.0 Å². The molecule has 172 valence electrons. The maximum absolute atomic E-state index is 12.7. The van der Waals surface area contributed by atoms with E-state index in [-0.39, 0.29) is 6.61 Å². The highest BCUT2D eigenvalue weighted by Gasteiger charge is 2.33. The summed E-state index contributed by atoms with van der Waals surface area (Å²) in [5.41, 5.74) is 5.44. The van der Waals surface area contributed by atoms with Gasteiger partial charge < -0.3 is 30.7 Å². The minimum Gasteiger partial charge on any atom is -0.445 e. The lowest BCUT2D eigenvalue weighted by atomic mass is 10.1. The minimum atomic E-state index is -1.19. The molecule has 0 saturated carbocycles. The predicted octanol–water partition coefficient (Wildman–Crippen LogP) is 1.53. The second-order valence-electron chi connectivity index (χ2n) is 8.14. The Morgan fingerprint density at radius 2 is 1.61 bits per heavy atom. The maximum Gasteiger partial charge on any atom is 0.408 e. The molecule has 10 nitrogen and oxygen atoms in total. The van der Waals surface area contributed by atoms with Gasteiger partial charge in [0.25, 0.3) is 0 Å². The van der Waals surface area contributed by atoms with Gasteiger partial charge in [-0.25, -0.2) is 9.59 Å². The fourth-order valence-corrected chi connectivity index (χ4v) is 2.60. The molecule has 10 heteroatoms. The first-order valence-electron chi connectivity index (χ1n) is 9.84. The van der Waals surface area contributed by atoms with E-state index in [1.54, 1.807) is 39.8 Å². The van der Waals surface area contributed by atoms with Gasteiger partial charge >= 0.3 is 12.2 Å². The number of rotatable bonds is 8. The van der Waals surface area contributed by atoms with Gasteiger partial charge in [0, 0.05) is 7.05 Å². The summed E-state index contributed by atoms with van der Waals surface area (Å²) < 4.78 is 10.2. The molecule has 1 rings (SSSR count). The molecule has 0 saturated heterocycles. The van der Waals surface area contributed by atoms with Crippen LogP contribution in [-0.4, -0.2) is 59.7 Å². The van der Waals surface area contributed by atoms with Crippen molar-refractivity contribution < 1.29 is 28.7 Å². The van der Waals surface area contributed by atoms with Crippen LogP contribution in [0, 0.1) is 0 Å². The Balaban J connectivity index is 2.67. The summed E-state index contributed by atoms with van der Waals surface area (Å²) >= 11 is 0. The van der Waals surface area contributed by atoms with Crippen molar-refractivity contribution in [2.24, 2.45) is 5.73 Å². The SMILES string of the molecule is C[C@H](NC(=O)OCc1ccccc1)C(=O)N(C)[C@@H](C)[C@H](NC(=O)OC(C)(C)C)C(N)=O. The van der Waals surface area contributed by atoms with E-state index in [0.29, 0.717) is 0 Å². The van der Waals surface area contributed by atoms with Gasteiger partial charge in [0.15, 0.2) is 0 Å². The number of primary amides is 1. The fourth-order valence-electron chi connectivity index (χ4n) is 2.60. The number of ether oxygens (including phenoxy) is 2. The first kappa shape index (κ1) is 25.7. The molecule has 0 radical (unpaired) electrons. The molecule has 0 spiro atoms. The number of likely N-dealkylation sites (N-methyl/N-ethyl adjacent to an activating group) is 1. The molecule has 0 bridgehead atoms. The zero-order chi connectivity index (χ0) is 23.8. The Morgan fingerprint density at radius 3 is 2.13 bits per heavy atom. The third-order valence-electron chi connectivity index (χ3n) is 4.34. The van der Waals surface area contributed by atoms with Gasteiger partial charge in [-0.2, -0.15) is 0 Å². The highest BCUT2D eigenvalue weighted by Crippen LogP contribution is 2.10. The van der Waals surface area contributed by atoms with Crippen LogP contribution < -0.4 is 16.4 Å². The van der Waals surface area contributed by atoms with Crippen molar-refractivity contribution in [2.75, 3.05) is 7.05 Å². The third-order valence-corrected chi connectivity index (χ3v) is 4.34. The second-order valence-corrected chi connectivity index (χ2v) is 8.14. The van der Waals surface area contributed by atoms with Crippen LogP contribution in [0.3, 0.4) is 0 Å². The third kappa shape index (κ3) is 8.93. The van der Waals surface area contributed by atoms with E-state index in [1.165, 1.54) is 18.9 Å². The first-order valence-corrected chi connectivity index (χ1v) is 9.84. The van der Waals surface area contributed by atoms with E-state index in [1.807, 2.05) is 18.2 Å². The Hall–Kier alpha value is -3.30. The quantitative estimate of drug-likeness (QED) is 0.564. The highest BCUT2D eigenvalue weighted by atomic mass is 16.6. The number of nitrogens with two attached hydrogens (primary N) is 1.